The van der Waals surface area contributed by atoms with E-state index in [0.717, 1.165) is 28.2 Å². The molecule has 0 aliphatic rings. The summed E-state index contributed by atoms with van der Waals surface area (Å²) in [6.45, 7) is 6.72. The summed E-state index contributed by atoms with van der Waals surface area (Å²) >= 11 is 4.37. The third-order valence-corrected chi connectivity index (χ3v) is 3.85. The van der Waals surface area contributed by atoms with Crippen LogP contribution in [-0.4, -0.2) is 6.61 Å². The van der Waals surface area contributed by atoms with Gasteiger partial charge in [-0.15, -0.1) is 0 Å². The molecule has 25 heavy (non-hydrogen) atoms. The summed E-state index contributed by atoms with van der Waals surface area (Å²) in [5.74, 6) is 2.18. The van der Waals surface area contributed by atoms with Gasteiger partial charge in [0.1, 0.15) is 24.7 Å². The molecule has 2 nitrogen and oxygen atoms in total. The van der Waals surface area contributed by atoms with E-state index < -0.39 is 0 Å². The lowest BCUT2D eigenvalue weighted by Crippen LogP contribution is -2.01. The van der Waals surface area contributed by atoms with E-state index in [1.165, 1.54) is 0 Å². The second kappa shape index (κ2) is 10.5. The van der Waals surface area contributed by atoms with Gasteiger partial charge in [0.25, 0.3) is 0 Å². The zero-order chi connectivity index (χ0) is 17.9. The first-order valence-electron chi connectivity index (χ1n) is 8.23. The number of ether oxygens (including phenoxy) is 2. The van der Waals surface area contributed by atoms with E-state index in [0.29, 0.717) is 19.0 Å². The monoisotopic (exact) mass is 352 g/mol. The van der Waals surface area contributed by atoms with Crippen molar-refractivity contribution in [3.05, 3.63) is 96.1 Å². The van der Waals surface area contributed by atoms with Gasteiger partial charge in [0, 0.05) is 11.8 Å². The van der Waals surface area contributed by atoms with Crippen LogP contribution in [0.25, 0.3) is 0 Å². The van der Waals surface area contributed by atoms with Crippen molar-refractivity contribution in [3.63, 3.8) is 0 Å². The minimum absolute atomic E-state index is 0.477. The number of hydrogen-bond acceptors (Lipinski definition) is 3. The highest BCUT2D eigenvalue weighted by Crippen LogP contribution is 2.25. The molecular formula is C22H24O2S. The van der Waals surface area contributed by atoms with Gasteiger partial charge < -0.3 is 9.47 Å². The topological polar surface area (TPSA) is 18.5 Å². The van der Waals surface area contributed by atoms with E-state index in [1.54, 1.807) is 6.08 Å². The molecular weight excluding hydrogens is 328 g/mol. The second-order valence-corrected chi connectivity index (χ2v) is 5.83. The molecule has 0 bridgehead atoms. The van der Waals surface area contributed by atoms with E-state index in [2.05, 4.69) is 19.2 Å². The largest absolute Gasteiger partial charge is 0.489 e. The molecule has 0 aromatic heterocycles. The van der Waals surface area contributed by atoms with Crippen molar-refractivity contribution >= 4 is 12.6 Å². The van der Waals surface area contributed by atoms with Crippen LogP contribution < -0.4 is 9.47 Å². The Balaban J connectivity index is 2.08. The molecule has 0 saturated carbocycles. The highest BCUT2D eigenvalue weighted by molar-refractivity contribution is 7.79. The van der Waals surface area contributed by atoms with Crippen LogP contribution in [0.15, 0.2) is 85.0 Å². The lowest BCUT2D eigenvalue weighted by Gasteiger charge is -2.12. The number of hydrogen-bond donors (Lipinski definition) is 1. The third kappa shape index (κ3) is 6.55. The lowest BCUT2D eigenvalue weighted by molar-refractivity contribution is 0.301. The van der Waals surface area contributed by atoms with Gasteiger partial charge in [-0.25, -0.2) is 0 Å². The van der Waals surface area contributed by atoms with Crippen molar-refractivity contribution in [2.24, 2.45) is 0 Å². The van der Waals surface area contributed by atoms with Crippen LogP contribution in [0.2, 0.25) is 0 Å². The SMILES string of the molecule is C=C/C=C(\C=C/C)COc1cc(CS)cc(OCc2ccccc2)c1. The zero-order valence-corrected chi connectivity index (χ0v) is 15.4. The number of thiol groups is 1. The quantitative estimate of drug-likeness (QED) is 0.457. The number of benzene rings is 2. The van der Waals surface area contributed by atoms with Crippen molar-refractivity contribution in [2.75, 3.05) is 6.61 Å². The predicted molar refractivity (Wildman–Crippen MR) is 108 cm³/mol. The van der Waals surface area contributed by atoms with Gasteiger partial charge in [-0.2, -0.15) is 12.6 Å². The maximum Gasteiger partial charge on any atom is 0.123 e. The minimum atomic E-state index is 0.477. The molecule has 0 radical (unpaired) electrons. The molecule has 2 rings (SSSR count). The molecule has 0 aliphatic carbocycles. The van der Waals surface area contributed by atoms with Crippen molar-refractivity contribution in [1.29, 1.82) is 0 Å². The lowest BCUT2D eigenvalue weighted by atomic mass is 10.2. The molecule has 2 aromatic carbocycles. The summed E-state index contributed by atoms with van der Waals surface area (Å²) < 4.78 is 11.8. The summed E-state index contributed by atoms with van der Waals surface area (Å²) in [5.41, 5.74) is 3.25. The van der Waals surface area contributed by atoms with Crippen molar-refractivity contribution in [1.82, 2.24) is 0 Å². The Kier molecular flexibility index (Phi) is 7.93. The van der Waals surface area contributed by atoms with Crippen LogP contribution in [0.5, 0.6) is 11.5 Å². The molecule has 0 atom stereocenters. The van der Waals surface area contributed by atoms with E-state index in [1.807, 2.05) is 73.7 Å². The Bertz CT molecular complexity index is 733. The van der Waals surface area contributed by atoms with Gasteiger partial charge >= 0.3 is 0 Å². The van der Waals surface area contributed by atoms with Crippen LogP contribution in [-0.2, 0) is 12.4 Å². The average molecular weight is 352 g/mol. The van der Waals surface area contributed by atoms with E-state index >= 15 is 0 Å². The van der Waals surface area contributed by atoms with Crippen LogP contribution >= 0.6 is 12.6 Å². The average Bonchev–Trinajstić information content (AvgIpc) is 2.65. The van der Waals surface area contributed by atoms with Gasteiger partial charge in [-0.1, -0.05) is 61.2 Å². The Morgan fingerprint density at radius 2 is 1.76 bits per heavy atom. The molecule has 3 heteroatoms. The Morgan fingerprint density at radius 1 is 1.04 bits per heavy atom. The Morgan fingerprint density at radius 3 is 2.40 bits per heavy atom. The second-order valence-electron chi connectivity index (χ2n) is 5.51. The molecule has 0 heterocycles. The highest BCUT2D eigenvalue weighted by atomic mass is 32.1. The summed E-state index contributed by atoms with van der Waals surface area (Å²) in [5, 5.41) is 0. The van der Waals surface area contributed by atoms with E-state index in [-0.39, 0.29) is 0 Å². The first kappa shape index (κ1) is 18.9. The molecule has 0 fully saturated rings. The van der Waals surface area contributed by atoms with Crippen molar-refractivity contribution in [3.8, 4) is 11.5 Å². The van der Waals surface area contributed by atoms with E-state index in [4.69, 9.17) is 9.47 Å². The smallest absolute Gasteiger partial charge is 0.123 e. The molecule has 0 amide bonds. The summed E-state index contributed by atoms with van der Waals surface area (Å²) in [7, 11) is 0. The highest BCUT2D eigenvalue weighted by Gasteiger charge is 2.04. The molecule has 130 valence electrons. The van der Waals surface area contributed by atoms with Gasteiger partial charge in [0.2, 0.25) is 0 Å². The number of allylic oxidation sites excluding steroid dienone is 3. The number of rotatable bonds is 9. The molecule has 0 N–H and O–H groups in total. The summed E-state index contributed by atoms with van der Waals surface area (Å²) in [4.78, 5) is 0. The van der Waals surface area contributed by atoms with Crippen LogP contribution in [0, 0.1) is 0 Å². The first-order chi connectivity index (χ1) is 12.2. The molecule has 0 unspecified atom stereocenters. The maximum atomic E-state index is 5.93. The van der Waals surface area contributed by atoms with Crippen molar-refractivity contribution in [2.45, 2.75) is 19.3 Å². The maximum absolute atomic E-state index is 5.93. The molecule has 0 spiro atoms. The van der Waals surface area contributed by atoms with Crippen LogP contribution in [0.1, 0.15) is 18.1 Å². The zero-order valence-electron chi connectivity index (χ0n) is 14.5. The molecule has 2 aromatic rings. The fraction of sp³-hybridized carbons (Fsp3) is 0.182. The minimum Gasteiger partial charge on any atom is -0.489 e. The van der Waals surface area contributed by atoms with Crippen LogP contribution in [0.4, 0.5) is 0 Å². The molecule has 0 aliphatic heterocycles. The first-order valence-corrected chi connectivity index (χ1v) is 8.87. The van der Waals surface area contributed by atoms with Gasteiger partial charge in [0.15, 0.2) is 0 Å². The molecule has 0 saturated heterocycles. The predicted octanol–water partition coefficient (Wildman–Crippen LogP) is 5.76. The summed E-state index contributed by atoms with van der Waals surface area (Å²) in [6, 6.07) is 16.0. The normalized spacial score (nSPS) is 11.5. The van der Waals surface area contributed by atoms with Gasteiger partial charge in [-0.3, -0.25) is 0 Å². The fourth-order valence-electron chi connectivity index (χ4n) is 2.31. The van der Waals surface area contributed by atoms with Crippen LogP contribution in [0.3, 0.4) is 0 Å². The van der Waals surface area contributed by atoms with Crippen molar-refractivity contribution < 1.29 is 9.47 Å². The third-order valence-electron chi connectivity index (χ3n) is 3.49. The standard InChI is InChI=1S/C22H24O2S/c1-3-8-18(9-4-2)15-23-21-12-20(17-25)13-22(14-21)24-16-19-10-6-5-7-11-19/h3-14,25H,1,15-17H2,2H3/b9-4-,18-8+. The fourth-order valence-corrected chi connectivity index (χ4v) is 2.50. The summed E-state index contributed by atoms with van der Waals surface area (Å²) in [6.07, 6.45) is 7.70. The Labute approximate surface area is 155 Å². The van der Waals surface area contributed by atoms with Gasteiger partial charge in [-0.05, 0) is 35.8 Å². The van der Waals surface area contributed by atoms with E-state index in [9.17, 15) is 0 Å². The van der Waals surface area contributed by atoms with Gasteiger partial charge in [0.05, 0.1) is 0 Å². The Hall–Kier alpha value is -2.39.